The summed E-state index contributed by atoms with van der Waals surface area (Å²) in [6.07, 6.45) is 9.63. The average Bonchev–Trinajstić information content (AvgIpc) is 2.82. The summed E-state index contributed by atoms with van der Waals surface area (Å²) < 4.78 is 15.1. The molecular formula is C29H52O7. The van der Waals surface area contributed by atoms with E-state index in [2.05, 4.69) is 27.7 Å². The third-order valence-corrected chi connectivity index (χ3v) is 7.86. The summed E-state index contributed by atoms with van der Waals surface area (Å²) >= 11 is 0. The molecule has 0 aromatic heterocycles. The molecule has 210 valence electrons. The van der Waals surface area contributed by atoms with Crippen LogP contribution in [0.1, 0.15) is 106 Å². The lowest BCUT2D eigenvalue weighted by molar-refractivity contribution is -0.156. The van der Waals surface area contributed by atoms with E-state index < -0.39 is 0 Å². The summed E-state index contributed by atoms with van der Waals surface area (Å²) in [6, 6.07) is 0. The first-order chi connectivity index (χ1) is 16.8. The maximum atomic E-state index is 12.0. The van der Waals surface area contributed by atoms with Gasteiger partial charge in [0.15, 0.2) is 0 Å². The summed E-state index contributed by atoms with van der Waals surface area (Å²) in [5, 5.41) is 8.61. The molecule has 0 amide bonds. The highest BCUT2D eigenvalue weighted by molar-refractivity contribution is 5.73. The molecular weight excluding hydrogens is 460 g/mol. The van der Waals surface area contributed by atoms with E-state index in [4.69, 9.17) is 19.3 Å². The van der Waals surface area contributed by atoms with Gasteiger partial charge in [-0.1, -0.05) is 61.3 Å². The van der Waals surface area contributed by atoms with Gasteiger partial charge in [-0.2, -0.15) is 0 Å². The van der Waals surface area contributed by atoms with Gasteiger partial charge in [0.1, 0.15) is 19.8 Å². The van der Waals surface area contributed by atoms with Crippen molar-refractivity contribution in [3.8, 4) is 0 Å². The van der Waals surface area contributed by atoms with Gasteiger partial charge in [-0.05, 0) is 61.2 Å². The minimum atomic E-state index is -0.261. The van der Waals surface area contributed by atoms with Gasteiger partial charge in [0, 0.05) is 6.42 Å². The van der Waals surface area contributed by atoms with Crippen molar-refractivity contribution in [2.75, 3.05) is 26.4 Å². The fourth-order valence-electron chi connectivity index (χ4n) is 5.56. The van der Waals surface area contributed by atoms with Crippen LogP contribution in [0.25, 0.3) is 0 Å². The second-order valence-electron chi connectivity index (χ2n) is 12.3. The second-order valence-corrected chi connectivity index (χ2v) is 12.3. The van der Waals surface area contributed by atoms with Crippen molar-refractivity contribution in [1.29, 1.82) is 0 Å². The van der Waals surface area contributed by atoms with E-state index in [-0.39, 0.29) is 56.2 Å². The Bertz CT molecular complexity index is 685. The molecule has 0 bridgehead atoms. The van der Waals surface area contributed by atoms with Crippen LogP contribution in [-0.4, -0.2) is 49.4 Å². The highest BCUT2D eigenvalue weighted by Crippen LogP contribution is 2.42. The van der Waals surface area contributed by atoms with Crippen LogP contribution in [-0.2, 0) is 28.6 Å². The van der Waals surface area contributed by atoms with Crippen LogP contribution in [0.2, 0.25) is 0 Å². The lowest BCUT2D eigenvalue weighted by Gasteiger charge is -2.37. The van der Waals surface area contributed by atoms with Gasteiger partial charge in [0.2, 0.25) is 0 Å². The molecule has 2 rings (SSSR count). The number of aliphatic hydroxyl groups excluding tert-OH is 1. The number of rotatable bonds is 10. The molecule has 1 N–H and O–H groups in total. The quantitative estimate of drug-likeness (QED) is 0.227. The van der Waals surface area contributed by atoms with E-state index >= 15 is 0 Å². The van der Waals surface area contributed by atoms with Crippen molar-refractivity contribution in [2.45, 2.75) is 106 Å². The third-order valence-electron chi connectivity index (χ3n) is 7.86. The number of ether oxygens (including phenoxy) is 3. The number of hydrogen-bond acceptors (Lipinski definition) is 7. The van der Waals surface area contributed by atoms with Gasteiger partial charge < -0.3 is 19.3 Å². The predicted octanol–water partition coefficient (Wildman–Crippen LogP) is 5.71. The number of esters is 3. The molecule has 7 heteroatoms. The van der Waals surface area contributed by atoms with Crippen LogP contribution in [0.3, 0.4) is 0 Å². The maximum absolute atomic E-state index is 12.0. The molecule has 36 heavy (non-hydrogen) atoms. The zero-order valence-corrected chi connectivity index (χ0v) is 23.9. The van der Waals surface area contributed by atoms with Crippen molar-refractivity contribution in [1.82, 2.24) is 0 Å². The fourth-order valence-corrected chi connectivity index (χ4v) is 5.56. The Morgan fingerprint density at radius 1 is 0.778 bits per heavy atom. The molecule has 4 atom stereocenters. The van der Waals surface area contributed by atoms with Crippen molar-refractivity contribution in [3.05, 3.63) is 0 Å². The number of aliphatic hydroxyl groups is 1. The van der Waals surface area contributed by atoms with Crippen LogP contribution in [0.15, 0.2) is 0 Å². The van der Waals surface area contributed by atoms with Crippen molar-refractivity contribution < 1.29 is 33.7 Å². The van der Waals surface area contributed by atoms with Gasteiger partial charge in [0.25, 0.3) is 0 Å². The highest BCUT2D eigenvalue weighted by Gasteiger charge is 2.35. The minimum Gasteiger partial charge on any atom is -0.463 e. The zero-order valence-electron chi connectivity index (χ0n) is 23.9. The van der Waals surface area contributed by atoms with Gasteiger partial charge in [0.05, 0.1) is 18.4 Å². The summed E-state index contributed by atoms with van der Waals surface area (Å²) in [4.78, 5) is 34.6. The minimum absolute atomic E-state index is 0.0360. The molecule has 2 aliphatic rings. The van der Waals surface area contributed by atoms with E-state index in [1.807, 2.05) is 13.8 Å². The molecule has 7 nitrogen and oxygen atoms in total. The van der Waals surface area contributed by atoms with Crippen LogP contribution in [0.5, 0.6) is 0 Å². The number of hydrogen-bond donors (Lipinski definition) is 1. The third kappa shape index (κ3) is 12.1. The smallest absolute Gasteiger partial charge is 0.309 e. The average molecular weight is 513 g/mol. The van der Waals surface area contributed by atoms with Crippen molar-refractivity contribution in [2.24, 2.45) is 34.5 Å². The van der Waals surface area contributed by atoms with Crippen molar-refractivity contribution >= 4 is 17.9 Å². The first-order valence-electron chi connectivity index (χ1n) is 13.9. The lowest BCUT2D eigenvalue weighted by Crippen LogP contribution is -2.31. The molecule has 2 fully saturated rings. The van der Waals surface area contributed by atoms with E-state index in [0.29, 0.717) is 29.1 Å². The Hall–Kier alpha value is -1.63. The highest BCUT2D eigenvalue weighted by atomic mass is 16.6. The van der Waals surface area contributed by atoms with Gasteiger partial charge in [-0.25, -0.2) is 0 Å². The summed E-state index contributed by atoms with van der Waals surface area (Å²) in [5.74, 6) is 0.155. The Morgan fingerprint density at radius 3 is 1.58 bits per heavy atom. The fraction of sp³-hybridized carbons (Fsp3) is 0.897. The Labute approximate surface area is 219 Å². The van der Waals surface area contributed by atoms with Crippen LogP contribution in [0.4, 0.5) is 0 Å². The number of carbonyl (C=O) groups is 3. The first kappa shape index (κ1) is 32.4. The van der Waals surface area contributed by atoms with Gasteiger partial charge in [-0.15, -0.1) is 0 Å². The summed E-state index contributed by atoms with van der Waals surface area (Å²) in [5.41, 5.74) is 0.683. The second kappa shape index (κ2) is 15.6. The summed E-state index contributed by atoms with van der Waals surface area (Å²) in [6.45, 7) is 15.1. The van der Waals surface area contributed by atoms with Crippen molar-refractivity contribution in [3.63, 3.8) is 0 Å². The van der Waals surface area contributed by atoms with E-state index in [9.17, 15) is 14.4 Å². The van der Waals surface area contributed by atoms with Crippen LogP contribution in [0, 0.1) is 34.5 Å². The lowest BCUT2D eigenvalue weighted by atomic mass is 9.68. The summed E-state index contributed by atoms with van der Waals surface area (Å²) in [7, 11) is 0. The van der Waals surface area contributed by atoms with E-state index in [1.54, 1.807) is 6.92 Å². The maximum Gasteiger partial charge on any atom is 0.309 e. The molecule has 4 unspecified atom stereocenters. The van der Waals surface area contributed by atoms with E-state index in [0.717, 1.165) is 25.7 Å². The molecule has 0 heterocycles. The van der Waals surface area contributed by atoms with Crippen LogP contribution < -0.4 is 0 Å². The zero-order chi connectivity index (χ0) is 27.4. The normalized spacial score (nSPS) is 24.3. The Kier molecular flexibility index (Phi) is 14.0. The molecule has 2 saturated carbocycles. The monoisotopic (exact) mass is 512 g/mol. The molecule has 0 spiro atoms. The Morgan fingerprint density at radius 2 is 1.19 bits per heavy atom. The van der Waals surface area contributed by atoms with E-state index in [1.165, 1.54) is 25.7 Å². The largest absolute Gasteiger partial charge is 0.463 e. The Balaban J connectivity index is 0.000000369. The predicted molar refractivity (Wildman–Crippen MR) is 140 cm³/mol. The standard InChI is InChI=1S/C16H28O4.C13H24O3/c1-5-14(17)19-9-10-20-15(18)12(2)13-7-6-8-16(3,4)11-13;1-10(12(15)16-8-7-14)11-5-4-6-13(2,3)9-11/h12-13H,5-11H2,1-4H3;10-11,14H,4-9H2,1-3H3. The van der Waals surface area contributed by atoms with Crippen LogP contribution >= 0.6 is 0 Å². The van der Waals surface area contributed by atoms with Gasteiger partial charge >= 0.3 is 17.9 Å². The van der Waals surface area contributed by atoms with Gasteiger partial charge in [-0.3, -0.25) is 14.4 Å². The molecule has 0 radical (unpaired) electrons. The number of carbonyl (C=O) groups excluding carboxylic acids is 3. The molecule has 0 aromatic rings. The SMILES string of the molecule is CC(C(=O)OCCO)C1CCCC(C)(C)C1.CCC(=O)OCCOC(=O)C(C)C1CCCC(C)(C)C1. The molecule has 0 aliphatic heterocycles. The topological polar surface area (TPSA) is 99.1 Å². The first-order valence-corrected chi connectivity index (χ1v) is 13.9. The molecule has 2 aliphatic carbocycles. The molecule has 0 saturated heterocycles. The molecule has 0 aromatic carbocycles.